The molecule has 2 aliphatic heterocycles. The number of nitrogens with two attached hydrogens (primary N) is 1. The molecule has 2 fully saturated rings. The lowest BCUT2D eigenvalue weighted by Crippen LogP contribution is -2.54. The molecular weight excluding hydrogens is 328 g/mol. The van der Waals surface area contributed by atoms with Crippen molar-refractivity contribution in [2.45, 2.75) is 25.4 Å². The second kappa shape index (κ2) is 7.40. The van der Waals surface area contributed by atoms with E-state index in [1.54, 1.807) is 0 Å². The second-order valence-electron chi connectivity index (χ2n) is 6.42. The molecule has 0 aliphatic carbocycles. The fraction of sp³-hybridized carbons (Fsp3) is 0.529. The van der Waals surface area contributed by atoms with Crippen molar-refractivity contribution in [2.24, 2.45) is 5.73 Å². The molecule has 1 aromatic rings. The first-order valence-electron chi connectivity index (χ1n) is 8.36. The molecule has 0 aromatic heterocycles. The number of nitrogens with zero attached hydrogens (tertiary/aromatic N) is 3. The summed E-state index contributed by atoms with van der Waals surface area (Å²) in [6, 6.07) is 6.99. The maximum atomic E-state index is 12.7. The third-order valence-corrected chi connectivity index (χ3v) is 5.08. The molecule has 2 N–H and O–H groups in total. The van der Waals surface area contributed by atoms with E-state index in [1.165, 1.54) is 10.5 Å². The van der Waals surface area contributed by atoms with Gasteiger partial charge in [-0.25, -0.2) is 4.79 Å². The highest BCUT2D eigenvalue weighted by molar-refractivity contribution is 6.30. The Kier molecular flexibility index (Phi) is 5.26. The summed E-state index contributed by atoms with van der Waals surface area (Å²) in [4.78, 5) is 29.8. The number of hydrogen-bond donors (Lipinski definition) is 1. The number of urea groups is 1. The van der Waals surface area contributed by atoms with Gasteiger partial charge in [0.25, 0.3) is 0 Å². The standard InChI is InChI=1S/C17H23ClN4O2/c18-14-5-3-13(4-6-14)12-20-8-10-21(11-9-20)16(23)15-2-1-7-22(15)17(19)24/h3-6,15H,1-2,7-12H2,(H2,19,24). The number of primary amides is 1. The first kappa shape index (κ1) is 17.0. The van der Waals surface area contributed by atoms with Crippen LogP contribution in [0.5, 0.6) is 0 Å². The molecule has 7 heteroatoms. The zero-order valence-electron chi connectivity index (χ0n) is 13.7. The van der Waals surface area contributed by atoms with Crippen LogP contribution < -0.4 is 5.73 Å². The van der Waals surface area contributed by atoms with Gasteiger partial charge in [0.1, 0.15) is 6.04 Å². The Morgan fingerprint density at radius 2 is 1.75 bits per heavy atom. The monoisotopic (exact) mass is 350 g/mol. The van der Waals surface area contributed by atoms with Gasteiger partial charge in [-0.2, -0.15) is 0 Å². The van der Waals surface area contributed by atoms with Crippen LogP contribution >= 0.6 is 11.6 Å². The number of likely N-dealkylation sites (tertiary alicyclic amines) is 1. The fourth-order valence-corrected chi connectivity index (χ4v) is 3.60. The first-order valence-corrected chi connectivity index (χ1v) is 8.74. The van der Waals surface area contributed by atoms with Crippen molar-refractivity contribution in [1.29, 1.82) is 0 Å². The molecule has 3 amide bonds. The molecule has 0 bridgehead atoms. The Labute approximate surface area is 147 Å². The van der Waals surface area contributed by atoms with E-state index in [0.717, 1.165) is 31.1 Å². The van der Waals surface area contributed by atoms with Crippen molar-refractivity contribution in [3.8, 4) is 0 Å². The average Bonchev–Trinajstić information content (AvgIpc) is 3.07. The Morgan fingerprint density at radius 3 is 2.38 bits per heavy atom. The summed E-state index contributed by atoms with van der Waals surface area (Å²) in [5.74, 6) is 0.0393. The molecule has 1 atom stereocenters. The van der Waals surface area contributed by atoms with E-state index in [1.807, 2.05) is 29.2 Å². The lowest BCUT2D eigenvalue weighted by atomic mass is 10.1. The number of rotatable bonds is 3. The fourth-order valence-electron chi connectivity index (χ4n) is 3.47. The van der Waals surface area contributed by atoms with Gasteiger partial charge in [-0.3, -0.25) is 9.69 Å². The number of halogens is 1. The molecular formula is C17H23ClN4O2. The number of hydrogen-bond acceptors (Lipinski definition) is 3. The lowest BCUT2D eigenvalue weighted by molar-refractivity contribution is -0.137. The van der Waals surface area contributed by atoms with Gasteiger partial charge in [-0.1, -0.05) is 23.7 Å². The number of amides is 3. The van der Waals surface area contributed by atoms with Crippen molar-refractivity contribution < 1.29 is 9.59 Å². The van der Waals surface area contributed by atoms with Gasteiger partial charge in [0.05, 0.1) is 0 Å². The minimum atomic E-state index is -0.493. The quantitative estimate of drug-likeness (QED) is 0.898. The summed E-state index contributed by atoms with van der Waals surface area (Å²) in [7, 11) is 0. The molecule has 0 saturated carbocycles. The van der Waals surface area contributed by atoms with Crippen LogP contribution in [0.15, 0.2) is 24.3 Å². The van der Waals surface area contributed by atoms with Crippen LogP contribution in [0.1, 0.15) is 18.4 Å². The third-order valence-electron chi connectivity index (χ3n) is 4.82. The summed E-state index contributed by atoms with van der Waals surface area (Å²) < 4.78 is 0. The van der Waals surface area contributed by atoms with E-state index < -0.39 is 6.03 Å². The van der Waals surface area contributed by atoms with Gasteiger partial charge >= 0.3 is 6.03 Å². The molecule has 2 heterocycles. The topological polar surface area (TPSA) is 69.9 Å². The Hall–Kier alpha value is -1.79. The number of carbonyl (C=O) groups is 2. The zero-order chi connectivity index (χ0) is 17.1. The highest BCUT2D eigenvalue weighted by Gasteiger charge is 2.36. The van der Waals surface area contributed by atoms with E-state index >= 15 is 0 Å². The number of carbonyl (C=O) groups excluding carboxylic acids is 2. The van der Waals surface area contributed by atoms with E-state index in [0.29, 0.717) is 26.1 Å². The molecule has 6 nitrogen and oxygen atoms in total. The predicted molar refractivity (Wildman–Crippen MR) is 92.6 cm³/mol. The molecule has 3 rings (SSSR count). The normalized spacial score (nSPS) is 22.0. The number of benzene rings is 1. The summed E-state index contributed by atoms with van der Waals surface area (Å²) in [5.41, 5.74) is 6.59. The van der Waals surface area contributed by atoms with Gasteiger partial charge in [0.2, 0.25) is 5.91 Å². The summed E-state index contributed by atoms with van der Waals surface area (Å²) >= 11 is 5.91. The van der Waals surface area contributed by atoms with E-state index in [4.69, 9.17) is 17.3 Å². The SMILES string of the molecule is NC(=O)N1CCCC1C(=O)N1CCN(Cc2ccc(Cl)cc2)CC1. The van der Waals surface area contributed by atoms with Gasteiger partial charge in [-0.05, 0) is 30.5 Å². The Balaban J connectivity index is 1.52. The van der Waals surface area contributed by atoms with Crippen molar-refractivity contribution in [2.75, 3.05) is 32.7 Å². The van der Waals surface area contributed by atoms with Crippen LogP contribution in [-0.2, 0) is 11.3 Å². The third kappa shape index (κ3) is 3.82. The highest BCUT2D eigenvalue weighted by Crippen LogP contribution is 2.20. The smallest absolute Gasteiger partial charge is 0.315 e. The molecule has 130 valence electrons. The molecule has 1 aromatic carbocycles. The maximum absolute atomic E-state index is 12.7. The van der Waals surface area contributed by atoms with E-state index in [2.05, 4.69) is 4.90 Å². The second-order valence-corrected chi connectivity index (χ2v) is 6.85. The maximum Gasteiger partial charge on any atom is 0.315 e. The van der Waals surface area contributed by atoms with Crippen molar-refractivity contribution in [1.82, 2.24) is 14.7 Å². The van der Waals surface area contributed by atoms with Gasteiger partial charge in [-0.15, -0.1) is 0 Å². The van der Waals surface area contributed by atoms with Crippen molar-refractivity contribution in [3.05, 3.63) is 34.9 Å². The van der Waals surface area contributed by atoms with Crippen LogP contribution in [-0.4, -0.2) is 65.4 Å². The highest BCUT2D eigenvalue weighted by atomic mass is 35.5. The predicted octanol–water partition coefficient (Wildman–Crippen LogP) is 1.53. The molecule has 24 heavy (non-hydrogen) atoms. The van der Waals surface area contributed by atoms with Crippen LogP contribution in [0, 0.1) is 0 Å². The van der Waals surface area contributed by atoms with Gasteiger partial charge < -0.3 is 15.5 Å². The van der Waals surface area contributed by atoms with Crippen LogP contribution in [0.4, 0.5) is 4.79 Å². The molecule has 2 saturated heterocycles. The van der Waals surface area contributed by atoms with Gasteiger partial charge in [0, 0.05) is 44.3 Å². The van der Waals surface area contributed by atoms with Crippen molar-refractivity contribution >= 4 is 23.5 Å². The largest absolute Gasteiger partial charge is 0.351 e. The summed E-state index contributed by atoms with van der Waals surface area (Å²) in [6.45, 7) is 4.48. The summed E-state index contributed by atoms with van der Waals surface area (Å²) in [6.07, 6.45) is 1.56. The van der Waals surface area contributed by atoms with Crippen LogP contribution in [0.25, 0.3) is 0 Å². The molecule has 1 unspecified atom stereocenters. The zero-order valence-corrected chi connectivity index (χ0v) is 14.4. The van der Waals surface area contributed by atoms with Crippen LogP contribution in [0.3, 0.4) is 0 Å². The molecule has 0 radical (unpaired) electrons. The molecule has 0 spiro atoms. The Bertz CT molecular complexity index is 599. The Morgan fingerprint density at radius 1 is 1.08 bits per heavy atom. The molecule has 2 aliphatic rings. The van der Waals surface area contributed by atoms with E-state index in [9.17, 15) is 9.59 Å². The van der Waals surface area contributed by atoms with Gasteiger partial charge in [0.15, 0.2) is 0 Å². The van der Waals surface area contributed by atoms with Crippen molar-refractivity contribution in [3.63, 3.8) is 0 Å². The minimum Gasteiger partial charge on any atom is -0.351 e. The lowest BCUT2D eigenvalue weighted by Gasteiger charge is -2.37. The first-order chi connectivity index (χ1) is 11.5. The number of piperazine rings is 1. The minimum absolute atomic E-state index is 0.0393. The summed E-state index contributed by atoms with van der Waals surface area (Å²) in [5, 5.41) is 0.740. The average molecular weight is 351 g/mol. The van der Waals surface area contributed by atoms with E-state index in [-0.39, 0.29) is 11.9 Å². The van der Waals surface area contributed by atoms with Crippen LogP contribution in [0.2, 0.25) is 5.02 Å².